The van der Waals surface area contributed by atoms with Crippen LogP contribution in [0.2, 0.25) is 5.02 Å². The van der Waals surface area contributed by atoms with E-state index in [4.69, 9.17) is 21.1 Å². The Morgan fingerprint density at radius 1 is 1.05 bits per heavy atom. The molecule has 0 aromatic heterocycles. The van der Waals surface area contributed by atoms with E-state index in [0.29, 0.717) is 22.6 Å². The van der Waals surface area contributed by atoms with Crippen LogP contribution in [0.3, 0.4) is 0 Å². The van der Waals surface area contributed by atoms with Crippen molar-refractivity contribution in [2.75, 3.05) is 14.2 Å². The standard InChI is InChI=1S/C15H14ClFO3/c1-19-10-4-6-14(20-2)12(8-10)15(18)11-5-3-9(17)7-13(11)16/h3-8,15,18H,1-2H3. The van der Waals surface area contributed by atoms with Gasteiger partial charge in [0.05, 0.1) is 14.2 Å². The first-order valence-corrected chi connectivity index (χ1v) is 6.29. The summed E-state index contributed by atoms with van der Waals surface area (Å²) in [7, 11) is 3.03. The molecular weight excluding hydrogens is 283 g/mol. The number of hydrogen-bond donors (Lipinski definition) is 1. The van der Waals surface area contributed by atoms with Crippen LogP contribution >= 0.6 is 11.6 Å². The fraction of sp³-hybridized carbons (Fsp3) is 0.200. The Hall–Kier alpha value is -1.78. The fourth-order valence-corrected chi connectivity index (χ4v) is 2.21. The Morgan fingerprint density at radius 3 is 2.40 bits per heavy atom. The van der Waals surface area contributed by atoms with Crippen LogP contribution in [0.5, 0.6) is 11.5 Å². The molecule has 2 aromatic rings. The number of benzene rings is 2. The van der Waals surface area contributed by atoms with Gasteiger partial charge in [0.15, 0.2) is 0 Å². The SMILES string of the molecule is COc1ccc(OC)c(C(O)c2ccc(F)cc2Cl)c1. The number of ether oxygens (including phenoxy) is 2. The van der Waals surface area contributed by atoms with Crippen molar-refractivity contribution < 1.29 is 19.0 Å². The highest BCUT2D eigenvalue weighted by molar-refractivity contribution is 6.31. The molecule has 0 bridgehead atoms. The number of aliphatic hydroxyl groups is 1. The van der Waals surface area contributed by atoms with E-state index in [0.717, 1.165) is 6.07 Å². The normalized spacial score (nSPS) is 12.1. The summed E-state index contributed by atoms with van der Waals surface area (Å²) >= 11 is 5.97. The van der Waals surface area contributed by atoms with Gasteiger partial charge in [0.1, 0.15) is 23.4 Å². The monoisotopic (exact) mass is 296 g/mol. The molecule has 106 valence electrons. The lowest BCUT2D eigenvalue weighted by atomic mass is 10.00. The summed E-state index contributed by atoms with van der Waals surface area (Å²) in [6, 6.07) is 8.92. The Balaban J connectivity index is 2.48. The van der Waals surface area contributed by atoms with Crippen molar-refractivity contribution in [2.24, 2.45) is 0 Å². The lowest BCUT2D eigenvalue weighted by Gasteiger charge is -2.17. The van der Waals surface area contributed by atoms with Gasteiger partial charge in [-0.15, -0.1) is 0 Å². The van der Waals surface area contributed by atoms with Gasteiger partial charge in [-0.1, -0.05) is 17.7 Å². The average Bonchev–Trinajstić information content (AvgIpc) is 2.46. The van der Waals surface area contributed by atoms with Crippen LogP contribution in [-0.4, -0.2) is 19.3 Å². The number of hydrogen-bond acceptors (Lipinski definition) is 3. The summed E-state index contributed by atoms with van der Waals surface area (Å²) in [6.45, 7) is 0. The molecule has 0 heterocycles. The minimum Gasteiger partial charge on any atom is -0.497 e. The second-order valence-corrected chi connectivity index (χ2v) is 4.58. The maximum Gasteiger partial charge on any atom is 0.125 e. The highest BCUT2D eigenvalue weighted by Crippen LogP contribution is 2.35. The van der Waals surface area contributed by atoms with E-state index in [1.807, 2.05) is 0 Å². The van der Waals surface area contributed by atoms with E-state index < -0.39 is 11.9 Å². The van der Waals surface area contributed by atoms with Crippen molar-refractivity contribution in [1.82, 2.24) is 0 Å². The van der Waals surface area contributed by atoms with Gasteiger partial charge in [-0.3, -0.25) is 0 Å². The van der Waals surface area contributed by atoms with Crippen LogP contribution in [0.1, 0.15) is 17.2 Å². The van der Waals surface area contributed by atoms with E-state index in [1.165, 1.54) is 26.4 Å². The lowest BCUT2D eigenvalue weighted by Crippen LogP contribution is -2.04. The molecule has 3 nitrogen and oxygen atoms in total. The Kier molecular flexibility index (Phi) is 4.47. The van der Waals surface area contributed by atoms with Gasteiger partial charge in [0.2, 0.25) is 0 Å². The highest BCUT2D eigenvalue weighted by atomic mass is 35.5. The third kappa shape index (κ3) is 2.86. The van der Waals surface area contributed by atoms with E-state index in [-0.39, 0.29) is 5.02 Å². The molecule has 0 radical (unpaired) electrons. The average molecular weight is 297 g/mol. The van der Waals surface area contributed by atoms with Crippen LogP contribution in [-0.2, 0) is 0 Å². The van der Waals surface area contributed by atoms with Gasteiger partial charge in [-0.05, 0) is 30.3 Å². The van der Waals surface area contributed by atoms with E-state index in [2.05, 4.69) is 0 Å². The van der Waals surface area contributed by atoms with Crippen molar-refractivity contribution in [1.29, 1.82) is 0 Å². The molecule has 0 aliphatic heterocycles. The first-order valence-electron chi connectivity index (χ1n) is 5.91. The van der Waals surface area contributed by atoms with Crippen molar-refractivity contribution in [3.05, 3.63) is 58.4 Å². The number of halogens is 2. The zero-order valence-electron chi connectivity index (χ0n) is 11.1. The second-order valence-electron chi connectivity index (χ2n) is 4.18. The van der Waals surface area contributed by atoms with Crippen molar-refractivity contribution in [3.63, 3.8) is 0 Å². The van der Waals surface area contributed by atoms with E-state index >= 15 is 0 Å². The highest BCUT2D eigenvalue weighted by Gasteiger charge is 2.19. The molecule has 0 amide bonds. The molecule has 0 saturated heterocycles. The number of rotatable bonds is 4. The molecule has 0 aliphatic carbocycles. The summed E-state index contributed by atoms with van der Waals surface area (Å²) in [4.78, 5) is 0. The Morgan fingerprint density at radius 2 is 1.80 bits per heavy atom. The summed E-state index contributed by atoms with van der Waals surface area (Å²) in [6.07, 6.45) is -1.03. The summed E-state index contributed by atoms with van der Waals surface area (Å²) < 4.78 is 23.4. The third-order valence-electron chi connectivity index (χ3n) is 2.99. The molecule has 1 N–H and O–H groups in total. The number of methoxy groups -OCH3 is 2. The molecule has 2 aromatic carbocycles. The van der Waals surface area contributed by atoms with E-state index in [1.54, 1.807) is 18.2 Å². The zero-order chi connectivity index (χ0) is 14.7. The van der Waals surface area contributed by atoms with Crippen LogP contribution < -0.4 is 9.47 Å². The van der Waals surface area contributed by atoms with Crippen LogP contribution in [0.25, 0.3) is 0 Å². The van der Waals surface area contributed by atoms with E-state index in [9.17, 15) is 9.50 Å². The Labute approximate surface area is 121 Å². The molecule has 1 unspecified atom stereocenters. The van der Waals surface area contributed by atoms with Gasteiger partial charge >= 0.3 is 0 Å². The van der Waals surface area contributed by atoms with Gasteiger partial charge in [-0.25, -0.2) is 4.39 Å². The molecule has 0 fully saturated rings. The smallest absolute Gasteiger partial charge is 0.125 e. The maximum absolute atomic E-state index is 13.1. The first kappa shape index (κ1) is 14.6. The summed E-state index contributed by atoms with van der Waals surface area (Å²) in [5, 5.41) is 10.6. The van der Waals surface area contributed by atoms with Crippen molar-refractivity contribution in [3.8, 4) is 11.5 Å². The molecule has 2 rings (SSSR count). The molecule has 1 atom stereocenters. The topological polar surface area (TPSA) is 38.7 Å². The fourth-order valence-electron chi connectivity index (χ4n) is 1.94. The molecule has 0 saturated carbocycles. The predicted molar refractivity (Wildman–Crippen MR) is 75.0 cm³/mol. The van der Waals surface area contributed by atoms with Crippen LogP contribution in [0.4, 0.5) is 4.39 Å². The minimum absolute atomic E-state index is 0.155. The van der Waals surface area contributed by atoms with Gasteiger partial charge in [0.25, 0.3) is 0 Å². The quantitative estimate of drug-likeness (QED) is 0.937. The zero-order valence-corrected chi connectivity index (χ0v) is 11.8. The molecule has 0 spiro atoms. The molecule has 5 heteroatoms. The van der Waals surface area contributed by atoms with Crippen molar-refractivity contribution >= 4 is 11.6 Å². The summed E-state index contributed by atoms with van der Waals surface area (Å²) in [5.41, 5.74) is 0.903. The third-order valence-corrected chi connectivity index (χ3v) is 3.32. The molecular formula is C15H14ClFO3. The number of aliphatic hydroxyl groups excluding tert-OH is 1. The van der Waals surface area contributed by atoms with Gasteiger partial charge in [-0.2, -0.15) is 0 Å². The Bertz CT molecular complexity index is 616. The predicted octanol–water partition coefficient (Wildman–Crippen LogP) is 3.58. The van der Waals surface area contributed by atoms with Gasteiger partial charge in [0, 0.05) is 16.1 Å². The lowest BCUT2D eigenvalue weighted by molar-refractivity contribution is 0.214. The van der Waals surface area contributed by atoms with Gasteiger partial charge < -0.3 is 14.6 Å². The second kappa shape index (κ2) is 6.11. The van der Waals surface area contributed by atoms with Crippen molar-refractivity contribution in [2.45, 2.75) is 6.10 Å². The molecule has 0 aliphatic rings. The largest absolute Gasteiger partial charge is 0.497 e. The molecule has 20 heavy (non-hydrogen) atoms. The van der Waals surface area contributed by atoms with Crippen LogP contribution in [0, 0.1) is 5.82 Å². The van der Waals surface area contributed by atoms with Crippen LogP contribution in [0.15, 0.2) is 36.4 Å². The summed E-state index contributed by atoms with van der Waals surface area (Å²) in [5.74, 6) is 0.625. The maximum atomic E-state index is 13.1. The minimum atomic E-state index is -1.03. The first-order chi connectivity index (χ1) is 9.56.